The summed E-state index contributed by atoms with van der Waals surface area (Å²) in [5.41, 5.74) is 0.813. The van der Waals surface area contributed by atoms with Crippen LogP contribution >= 0.6 is 0 Å². The van der Waals surface area contributed by atoms with E-state index in [1.54, 1.807) is 36.7 Å². The molecule has 9 nitrogen and oxygen atoms in total. The molecule has 0 radical (unpaired) electrons. The van der Waals surface area contributed by atoms with Crippen molar-refractivity contribution in [2.45, 2.75) is 45.1 Å². The van der Waals surface area contributed by atoms with Gasteiger partial charge in [-0.05, 0) is 55.0 Å². The lowest BCUT2D eigenvalue weighted by atomic mass is 10.0. The summed E-state index contributed by atoms with van der Waals surface area (Å²) in [4.78, 5) is 47.3. The van der Waals surface area contributed by atoms with Crippen LogP contribution in [0.15, 0.2) is 58.4 Å². The number of fused-ring (bicyclic) bond motifs is 1. The van der Waals surface area contributed by atoms with Crippen LogP contribution in [0.1, 0.15) is 36.9 Å². The highest BCUT2D eigenvalue weighted by molar-refractivity contribution is 5.86. The summed E-state index contributed by atoms with van der Waals surface area (Å²) in [6, 6.07) is 9.85. The van der Waals surface area contributed by atoms with Crippen molar-refractivity contribution in [3.8, 4) is 11.6 Å². The van der Waals surface area contributed by atoms with Gasteiger partial charge in [-0.2, -0.15) is 0 Å². The lowest BCUT2D eigenvalue weighted by Gasteiger charge is -2.27. The van der Waals surface area contributed by atoms with Gasteiger partial charge in [0.15, 0.2) is 0 Å². The summed E-state index contributed by atoms with van der Waals surface area (Å²) in [5, 5.41) is 14.5. The number of aromatic nitrogens is 2. The number of nitrogens with one attached hydrogen (secondary N) is 1. The number of nitrogens with zero attached hydrogens (tertiary/aromatic N) is 3. The van der Waals surface area contributed by atoms with E-state index in [4.69, 9.17) is 4.74 Å². The normalized spacial score (nSPS) is 14.9. The number of anilines is 2. The topological polar surface area (TPSA) is 122 Å². The van der Waals surface area contributed by atoms with Gasteiger partial charge in [0.1, 0.15) is 23.2 Å². The number of carboxylic acids is 1. The highest BCUT2D eigenvalue weighted by Crippen LogP contribution is 2.29. The van der Waals surface area contributed by atoms with Gasteiger partial charge in [-0.3, -0.25) is 14.6 Å². The molecule has 190 valence electrons. The largest absolute Gasteiger partial charge is 0.480 e. The fourth-order valence-electron chi connectivity index (χ4n) is 4.79. The lowest BCUT2D eigenvalue weighted by Crippen LogP contribution is -2.46. The summed E-state index contributed by atoms with van der Waals surface area (Å²) in [5.74, 6) is -0.0991. The lowest BCUT2D eigenvalue weighted by molar-refractivity contribution is -0.137. The molecule has 0 unspecified atom stereocenters. The third kappa shape index (κ3) is 5.16. The first-order valence-corrected chi connectivity index (χ1v) is 12.5. The van der Waals surface area contributed by atoms with Crippen LogP contribution in [0.3, 0.4) is 0 Å². The Morgan fingerprint density at radius 1 is 1.08 bits per heavy atom. The van der Waals surface area contributed by atoms with Crippen LogP contribution in [0.25, 0.3) is 10.8 Å². The molecule has 9 heteroatoms. The van der Waals surface area contributed by atoms with Crippen LogP contribution in [0.2, 0.25) is 0 Å². The molecule has 1 saturated heterocycles. The van der Waals surface area contributed by atoms with E-state index in [0.717, 1.165) is 47.7 Å². The Kier molecular flexibility index (Phi) is 6.85. The predicted octanol–water partition coefficient (Wildman–Crippen LogP) is 3.81. The zero-order chi connectivity index (χ0) is 25.9. The Morgan fingerprint density at radius 2 is 1.81 bits per heavy atom. The molecular formula is C28H28N4O5. The molecule has 1 atom stereocenters. The minimum atomic E-state index is -1.10. The third-order valence-corrected chi connectivity index (χ3v) is 6.73. The number of ether oxygens (including phenoxy) is 1. The molecule has 1 aliphatic rings. The zero-order valence-electron chi connectivity index (χ0n) is 20.6. The summed E-state index contributed by atoms with van der Waals surface area (Å²) in [6.45, 7) is 3.28. The van der Waals surface area contributed by atoms with E-state index in [0.29, 0.717) is 30.4 Å². The molecule has 1 fully saturated rings. The average Bonchev–Trinajstić information content (AvgIpc) is 3.17. The second kappa shape index (κ2) is 10.4. The van der Waals surface area contributed by atoms with Crippen molar-refractivity contribution in [1.29, 1.82) is 0 Å². The first-order valence-electron chi connectivity index (χ1n) is 12.5. The molecule has 0 aliphatic carbocycles. The maximum atomic E-state index is 12.3. The smallest absolute Gasteiger partial charge is 0.326 e. The predicted molar refractivity (Wildman–Crippen MR) is 142 cm³/mol. The van der Waals surface area contributed by atoms with Gasteiger partial charge < -0.3 is 20.1 Å². The van der Waals surface area contributed by atoms with Crippen molar-refractivity contribution in [3.63, 3.8) is 0 Å². The van der Waals surface area contributed by atoms with Gasteiger partial charge in [0, 0.05) is 37.6 Å². The molecule has 0 bridgehead atoms. The standard InChI is InChI=1S/C28H28N4O5/c1-17-14-19-10-11-29-16-21(19)27(30-17)37-20-8-6-18(7-9-20)15-22(28(35)36)31-23-24(26(34)25(23)33)32-12-4-2-3-5-13-32/h6-11,14,16,22,31H,2-5,12-13,15H2,1H3,(H,35,36)/t22-/m0/s1. The summed E-state index contributed by atoms with van der Waals surface area (Å²) in [7, 11) is 0. The van der Waals surface area contributed by atoms with Crippen molar-refractivity contribution in [2.24, 2.45) is 0 Å². The number of hydrogen-bond acceptors (Lipinski definition) is 8. The van der Waals surface area contributed by atoms with Gasteiger partial charge in [-0.15, -0.1) is 0 Å². The summed E-state index contributed by atoms with van der Waals surface area (Å²) >= 11 is 0. The first kappa shape index (κ1) is 24.4. The Balaban J connectivity index is 1.31. The van der Waals surface area contributed by atoms with Crippen LogP contribution in [0.4, 0.5) is 11.4 Å². The molecule has 5 rings (SSSR count). The molecule has 3 heterocycles. The fourth-order valence-corrected chi connectivity index (χ4v) is 4.79. The third-order valence-electron chi connectivity index (χ3n) is 6.73. The van der Waals surface area contributed by atoms with E-state index in [-0.39, 0.29) is 12.1 Å². The quantitative estimate of drug-likeness (QED) is 0.348. The van der Waals surface area contributed by atoms with Gasteiger partial charge >= 0.3 is 5.97 Å². The highest BCUT2D eigenvalue weighted by Gasteiger charge is 2.30. The van der Waals surface area contributed by atoms with Crippen LogP contribution in [0, 0.1) is 6.92 Å². The van der Waals surface area contributed by atoms with Crippen LogP contribution < -0.4 is 25.8 Å². The van der Waals surface area contributed by atoms with Crippen molar-refractivity contribution in [2.75, 3.05) is 23.3 Å². The van der Waals surface area contributed by atoms with Gasteiger partial charge in [-0.1, -0.05) is 25.0 Å². The second-order valence-electron chi connectivity index (χ2n) is 9.43. The van der Waals surface area contributed by atoms with Crippen LogP contribution in [-0.4, -0.2) is 40.2 Å². The number of carbonyl (C=O) groups is 1. The molecule has 4 aromatic rings. The van der Waals surface area contributed by atoms with E-state index < -0.39 is 22.9 Å². The first-order chi connectivity index (χ1) is 17.9. The van der Waals surface area contributed by atoms with Gasteiger partial charge in [0.05, 0.1) is 5.39 Å². The van der Waals surface area contributed by atoms with Crippen molar-refractivity contribution < 1.29 is 14.6 Å². The number of hydrogen-bond donors (Lipinski definition) is 2. The fraction of sp³-hybridized carbons (Fsp3) is 0.321. The average molecular weight is 501 g/mol. The highest BCUT2D eigenvalue weighted by atomic mass is 16.5. The molecule has 2 aromatic carbocycles. The molecule has 0 saturated carbocycles. The Morgan fingerprint density at radius 3 is 2.51 bits per heavy atom. The molecule has 0 spiro atoms. The number of pyridine rings is 2. The van der Waals surface area contributed by atoms with Crippen LogP contribution in [0.5, 0.6) is 11.6 Å². The number of aliphatic carboxylic acids is 1. The molecule has 2 aromatic heterocycles. The summed E-state index contributed by atoms with van der Waals surface area (Å²) in [6.07, 6.45) is 7.60. The number of benzene rings is 1. The van der Waals surface area contributed by atoms with Gasteiger partial charge in [0.2, 0.25) is 5.88 Å². The molecule has 2 N–H and O–H groups in total. The number of carboxylic acid groups (broad SMARTS) is 1. The Bertz CT molecular complexity index is 1500. The van der Waals surface area contributed by atoms with Crippen molar-refractivity contribution >= 4 is 28.1 Å². The Hall–Kier alpha value is -4.27. The minimum Gasteiger partial charge on any atom is -0.480 e. The van der Waals surface area contributed by atoms with E-state index in [1.807, 2.05) is 24.0 Å². The Labute approximate surface area is 213 Å². The molecular weight excluding hydrogens is 472 g/mol. The van der Waals surface area contributed by atoms with Crippen molar-refractivity contribution in [1.82, 2.24) is 9.97 Å². The van der Waals surface area contributed by atoms with E-state index >= 15 is 0 Å². The SMILES string of the molecule is Cc1cc2ccncc2c(Oc2ccc(C[C@H](Nc3c(N4CCCCCC4)c(=O)c3=O)C(=O)O)cc2)n1. The van der Waals surface area contributed by atoms with Gasteiger partial charge in [0.25, 0.3) is 10.9 Å². The maximum absolute atomic E-state index is 12.3. The maximum Gasteiger partial charge on any atom is 0.326 e. The zero-order valence-corrected chi connectivity index (χ0v) is 20.6. The monoisotopic (exact) mass is 500 g/mol. The summed E-state index contributed by atoms with van der Waals surface area (Å²) < 4.78 is 6.01. The van der Waals surface area contributed by atoms with Crippen LogP contribution in [-0.2, 0) is 11.2 Å². The van der Waals surface area contributed by atoms with E-state index in [2.05, 4.69) is 15.3 Å². The number of aryl methyl sites for hydroxylation is 1. The van der Waals surface area contributed by atoms with E-state index in [1.165, 1.54) is 0 Å². The van der Waals surface area contributed by atoms with Gasteiger partial charge in [-0.25, -0.2) is 9.78 Å². The van der Waals surface area contributed by atoms with Crippen molar-refractivity contribution in [3.05, 3.63) is 80.5 Å². The second-order valence-corrected chi connectivity index (χ2v) is 9.43. The molecule has 0 amide bonds. The minimum absolute atomic E-state index is 0.116. The van der Waals surface area contributed by atoms with E-state index in [9.17, 15) is 19.5 Å². The molecule has 37 heavy (non-hydrogen) atoms. The molecule has 1 aliphatic heterocycles. The number of rotatable bonds is 8.